The lowest BCUT2D eigenvalue weighted by Gasteiger charge is -2.16. The van der Waals surface area contributed by atoms with Gasteiger partial charge < -0.3 is 5.32 Å². The van der Waals surface area contributed by atoms with E-state index < -0.39 is 15.3 Å². The summed E-state index contributed by atoms with van der Waals surface area (Å²) in [6.45, 7) is 6.13. The number of sulfonamides is 1. The predicted molar refractivity (Wildman–Crippen MR) is 86.6 cm³/mol. The van der Waals surface area contributed by atoms with Gasteiger partial charge in [0.25, 0.3) is 0 Å². The largest absolute Gasteiger partial charge is 0.313 e. The van der Waals surface area contributed by atoms with Gasteiger partial charge in [0.15, 0.2) is 0 Å². The second kappa shape index (κ2) is 6.03. The predicted octanol–water partition coefficient (Wildman–Crippen LogP) is 2.95. The first-order chi connectivity index (χ1) is 9.29. The number of benzene rings is 1. The molecule has 0 spiro atoms. The van der Waals surface area contributed by atoms with Gasteiger partial charge in [-0.2, -0.15) is 0 Å². The third kappa shape index (κ3) is 3.96. The fraction of sp³-hybridized carbons (Fsp3) is 0.571. The van der Waals surface area contributed by atoms with Crippen molar-refractivity contribution in [2.45, 2.75) is 44.9 Å². The van der Waals surface area contributed by atoms with E-state index in [4.69, 9.17) is 0 Å². The van der Waals surface area contributed by atoms with Gasteiger partial charge in [0, 0.05) is 22.7 Å². The lowest BCUT2D eigenvalue weighted by Crippen LogP contribution is -2.35. The molecule has 1 fully saturated rings. The summed E-state index contributed by atoms with van der Waals surface area (Å²) < 4.78 is 28.3. The van der Waals surface area contributed by atoms with E-state index in [-0.39, 0.29) is 0 Å². The van der Waals surface area contributed by atoms with Crippen molar-refractivity contribution in [3.05, 3.63) is 27.7 Å². The highest BCUT2D eigenvalue weighted by Gasteiger charge is 2.25. The van der Waals surface area contributed by atoms with Crippen LogP contribution < -0.4 is 10.0 Å². The van der Waals surface area contributed by atoms with Crippen LogP contribution in [0.5, 0.6) is 0 Å². The third-order valence-electron chi connectivity index (χ3n) is 3.50. The Morgan fingerprint density at radius 2 is 1.85 bits per heavy atom. The van der Waals surface area contributed by atoms with E-state index in [1.807, 2.05) is 26.0 Å². The molecule has 0 aliphatic heterocycles. The molecule has 1 aliphatic rings. The Bertz CT molecular complexity index is 574. The minimum atomic E-state index is -3.36. The van der Waals surface area contributed by atoms with Gasteiger partial charge >= 0.3 is 0 Å². The summed E-state index contributed by atoms with van der Waals surface area (Å²) in [5.41, 5.74) is 2.67. The van der Waals surface area contributed by atoms with Gasteiger partial charge in [0.2, 0.25) is 10.0 Å². The van der Waals surface area contributed by atoms with Crippen molar-refractivity contribution in [3.8, 4) is 0 Å². The standard InChI is InChI=1S/C14H21BrN2O2S/c1-9-6-13(7-10(2)14(9)15)17-20(18,19)11(3)8-16-12-4-5-12/h6-7,11-12,16-17H,4-5,8H2,1-3H3. The molecule has 1 unspecified atom stereocenters. The minimum Gasteiger partial charge on any atom is -0.313 e. The van der Waals surface area contributed by atoms with Crippen LogP contribution in [0.25, 0.3) is 0 Å². The van der Waals surface area contributed by atoms with Crippen LogP contribution in [0, 0.1) is 13.8 Å². The zero-order chi connectivity index (χ0) is 14.9. The molecule has 0 heterocycles. The number of halogens is 1. The number of hydrogen-bond donors (Lipinski definition) is 2. The normalized spacial score (nSPS) is 17.0. The van der Waals surface area contributed by atoms with Crippen LogP contribution in [0.4, 0.5) is 5.69 Å². The van der Waals surface area contributed by atoms with Gasteiger partial charge in [-0.3, -0.25) is 4.72 Å². The van der Waals surface area contributed by atoms with Crippen LogP contribution in [0.15, 0.2) is 16.6 Å². The lowest BCUT2D eigenvalue weighted by atomic mass is 10.1. The fourth-order valence-corrected chi connectivity index (χ4v) is 3.19. The van der Waals surface area contributed by atoms with Gasteiger partial charge in [-0.25, -0.2) is 8.42 Å². The van der Waals surface area contributed by atoms with Crippen molar-refractivity contribution in [1.29, 1.82) is 0 Å². The Hall–Kier alpha value is -0.590. The maximum absolute atomic E-state index is 12.3. The summed E-state index contributed by atoms with van der Waals surface area (Å²) in [7, 11) is -3.36. The van der Waals surface area contributed by atoms with Gasteiger partial charge in [0.1, 0.15) is 0 Å². The lowest BCUT2D eigenvalue weighted by molar-refractivity contribution is 0.576. The smallest absolute Gasteiger partial charge is 0.236 e. The monoisotopic (exact) mass is 360 g/mol. The van der Waals surface area contributed by atoms with E-state index in [1.165, 1.54) is 0 Å². The van der Waals surface area contributed by atoms with Crippen LogP contribution in [-0.2, 0) is 10.0 Å². The van der Waals surface area contributed by atoms with Gasteiger partial charge in [-0.15, -0.1) is 0 Å². The molecule has 20 heavy (non-hydrogen) atoms. The average Bonchev–Trinajstić information content (AvgIpc) is 3.16. The first-order valence-corrected chi connectivity index (χ1v) is 9.15. The topological polar surface area (TPSA) is 58.2 Å². The highest BCUT2D eigenvalue weighted by molar-refractivity contribution is 9.10. The highest BCUT2D eigenvalue weighted by Crippen LogP contribution is 2.26. The van der Waals surface area contributed by atoms with E-state index in [2.05, 4.69) is 26.0 Å². The minimum absolute atomic E-state index is 0.452. The maximum Gasteiger partial charge on any atom is 0.236 e. The molecule has 1 aliphatic carbocycles. The Morgan fingerprint density at radius 1 is 1.30 bits per heavy atom. The molecule has 2 N–H and O–H groups in total. The average molecular weight is 361 g/mol. The second-order valence-electron chi connectivity index (χ2n) is 5.56. The van der Waals surface area contributed by atoms with E-state index in [1.54, 1.807) is 6.92 Å². The van der Waals surface area contributed by atoms with Gasteiger partial charge in [-0.05, 0) is 56.9 Å². The van der Waals surface area contributed by atoms with Gasteiger partial charge in [-0.1, -0.05) is 15.9 Å². The number of aryl methyl sites for hydroxylation is 2. The van der Waals surface area contributed by atoms with Crippen molar-refractivity contribution in [1.82, 2.24) is 5.32 Å². The quantitative estimate of drug-likeness (QED) is 0.819. The van der Waals surface area contributed by atoms with Crippen molar-refractivity contribution in [3.63, 3.8) is 0 Å². The summed E-state index contributed by atoms with van der Waals surface area (Å²) in [5.74, 6) is 0. The number of rotatable bonds is 6. The van der Waals surface area contributed by atoms with E-state index in [0.717, 1.165) is 28.4 Å². The molecular weight excluding hydrogens is 340 g/mol. The second-order valence-corrected chi connectivity index (χ2v) is 8.46. The van der Waals surface area contributed by atoms with Crippen LogP contribution in [-0.4, -0.2) is 26.3 Å². The van der Waals surface area contributed by atoms with Crippen molar-refractivity contribution >= 4 is 31.6 Å². The molecule has 112 valence electrons. The maximum atomic E-state index is 12.3. The number of anilines is 1. The summed E-state index contributed by atoms with van der Waals surface area (Å²) >= 11 is 3.48. The van der Waals surface area contributed by atoms with Crippen molar-refractivity contribution < 1.29 is 8.42 Å². The fourth-order valence-electron chi connectivity index (χ4n) is 2.00. The third-order valence-corrected chi connectivity index (χ3v) is 6.49. The Labute approximate surface area is 129 Å². The number of hydrogen-bond acceptors (Lipinski definition) is 3. The van der Waals surface area contributed by atoms with Crippen LogP contribution in [0.1, 0.15) is 30.9 Å². The molecule has 0 bridgehead atoms. The summed E-state index contributed by atoms with van der Waals surface area (Å²) in [4.78, 5) is 0. The molecule has 0 saturated heterocycles. The summed E-state index contributed by atoms with van der Waals surface area (Å²) in [5, 5.41) is 2.80. The molecule has 1 saturated carbocycles. The number of nitrogens with one attached hydrogen (secondary N) is 2. The van der Waals surface area contributed by atoms with Gasteiger partial charge in [0.05, 0.1) is 5.25 Å². The molecule has 1 aromatic rings. The molecule has 0 radical (unpaired) electrons. The Morgan fingerprint density at radius 3 is 2.35 bits per heavy atom. The van der Waals surface area contributed by atoms with Crippen molar-refractivity contribution in [2.75, 3.05) is 11.3 Å². The summed E-state index contributed by atoms with van der Waals surface area (Å²) in [6, 6.07) is 4.20. The zero-order valence-electron chi connectivity index (χ0n) is 12.0. The van der Waals surface area contributed by atoms with Crippen LogP contribution in [0.3, 0.4) is 0 Å². The molecule has 1 aromatic carbocycles. The molecule has 1 atom stereocenters. The molecule has 2 rings (SSSR count). The molecule has 0 aromatic heterocycles. The zero-order valence-corrected chi connectivity index (χ0v) is 14.4. The Balaban J connectivity index is 2.06. The first-order valence-electron chi connectivity index (χ1n) is 6.81. The molecule has 4 nitrogen and oxygen atoms in total. The SMILES string of the molecule is Cc1cc(NS(=O)(=O)C(C)CNC2CC2)cc(C)c1Br. The molecule has 0 amide bonds. The van der Waals surface area contributed by atoms with E-state index >= 15 is 0 Å². The van der Waals surface area contributed by atoms with E-state index in [0.29, 0.717) is 18.3 Å². The van der Waals surface area contributed by atoms with Crippen LogP contribution >= 0.6 is 15.9 Å². The highest BCUT2D eigenvalue weighted by atomic mass is 79.9. The van der Waals surface area contributed by atoms with Crippen LogP contribution in [0.2, 0.25) is 0 Å². The van der Waals surface area contributed by atoms with Crippen molar-refractivity contribution in [2.24, 2.45) is 0 Å². The van der Waals surface area contributed by atoms with E-state index in [9.17, 15) is 8.42 Å². The summed E-state index contributed by atoms with van der Waals surface area (Å²) in [6.07, 6.45) is 2.32. The first kappa shape index (κ1) is 15.8. The Kier molecular flexibility index (Phi) is 4.76. The molecular formula is C14H21BrN2O2S. The molecule has 6 heteroatoms.